The largest absolute Gasteiger partial charge is 0.446 e. The zero-order valence-corrected chi connectivity index (χ0v) is 20.5. The van der Waals surface area contributed by atoms with E-state index in [0.717, 1.165) is 41.0 Å². The van der Waals surface area contributed by atoms with Crippen molar-refractivity contribution in [1.29, 1.82) is 5.26 Å². The van der Waals surface area contributed by atoms with Gasteiger partial charge in [-0.05, 0) is 49.1 Å². The van der Waals surface area contributed by atoms with Crippen LogP contribution < -0.4 is 10.2 Å². The molecule has 9 heteroatoms. The number of anilines is 1. The fourth-order valence-corrected chi connectivity index (χ4v) is 5.68. The van der Waals surface area contributed by atoms with E-state index in [2.05, 4.69) is 16.0 Å². The Morgan fingerprint density at radius 2 is 2.06 bits per heavy atom. The van der Waals surface area contributed by atoms with Crippen LogP contribution in [0.3, 0.4) is 0 Å². The summed E-state index contributed by atoms with van der Waals surface area (Å²) in [5, 5.41) is 12.5. The van der Waals surface area contributed by atoms with E-state index in [4.69, 9.17) is 26.6 Å². The van der Waals surface area contributed by atoms with Crippen molar-refractivity contribution in [2.75, 3.05) is 4.90 Å². The average Bonchev–Trinajstić information content (AvgIpc) is 3.54. The maximum absolute atomic E-state index is 13.9. The number of carbonyl (C=O) groups is 2. The smallest absolute Gasteiger partial charge is 0.407 e. The monoisotopic (exact) mass is 503 g/mol. The maximum Gasteiger partial charge on any atom is 0.407 e. The number of para-hydroxylation sites is 1. The van der Waals surface area contributed by atoms with Gasteiger partial charge < -0.3 is 19.5 Å². The van der Waals surface area contributed by atoms with Crippen LogP contribution >= 0.6 is 11.6 Å². The molecular weight excluding hydrogens is 478 g/mol. The van der Waals surface area contributed by atoms with Gasteiger partial charge in [0.15, 0.2) is 0 Å². The third-order valence-electron chi connectivity index (χ3n) is 7.45. The fourth-order valence-electron chi connectivity index (χ4n) is 5.51. The molecule has 2 aromatic carbocycles. The number of ether oxygens (including phenoxy) is 1. The van der Waals surface area contributed by atoms with Crippen molar-refractivity contribution < 1.29 is 14.3 Å². The number of rotatable bonds is 7. The maximum atomic E-state index is 13.9. The molecule has 0 bridgehead atoms. The molecule has 184 valence electrons. The molecule has 8 nitrogen and oxygen atoms in total. The summed E-state index contributed by atoms with van der Waals surface area (Å²) >= 11 is 6.21. The van der Waals surface area contributed by atoms with Gasteiger partial charge in [0.2, 0.25) is 5.91 Å². The van der Waals surface area contributed by atoms with Crippen LogP contribution in [0.5, 0.6) is 0 Å². The lowest BCUT2D eigenvalue weighted by molar-refractivity contribution is -0.131. The standard InChI is InChI=1S/C27H26ClN5O3/c28-17-7-10-23-21(13-17)31-24(32(23)12-4-3-11-29)16-33-22-6-2-1-5-20(22)27(25(33)34)14-19(15-27)36-26(35)30-18-8-9-18/h1-2,5-7,10,13,18-19H,3-4,8-9,12,14-16H2,(H,30,35). The van der Waals surface area contributed by atoms with Gasteiger partial charge >= 0.3 is 6.09 Å². The zero-order valence-electron chi connectivity index (χ0n) is 19.7. The van der Waals surface area contributed by atoms with E-state index in [9.17, 15) is 9.59 Å². The lowest BCUT2D eigenvalue weighted by atomic mass is 9.63. The molecule has 6 rings (SSSR count). The minimum Gasteiger partial charge on any atom is -0.446 e. The van der Waals surface area contributed by atoms with Crippen molar-refractivity contribution in [3.8, 4) is 6.07 Å². The molecule has 0 saturated heterocycles. The second kappa shape index (κ2) is 8.82. The van der Waals surface area contributed by atoms with Crippen LogP contribution in [-0.2, 0) is 28.0 Å². The predicted octanol–water partition coefficient (Wildman–Crippen LogP) is 4.83. The van der Waals surface area contributed by atoms with Gasteiger partial charge in [-0.2, -0.15) is 5.26 Å². The fraction of sp³-hybridized carbons (Fsp3) is 0.407. The molecule has 0 atom stereocenters. The lowest BCUT2D eigenvalue weighted by Gasteiger charge is -2.43. The van der Waals surface area contributed by atoms with Gasteiger partial charge in [0, 0.05) is 42.6 Å². The quantitative estimate of drug-likeness (QED) is 0.465. The summed E-state index contributed by atoms with van der Waals surface area (Å²) in [4.78, 5) is 32.6. The molecular formula is C27H26ClN5O3. The first-order valence-electron chi connectivity index (χ1n) is 12.4. The summed E-state index contributed by atoms with van der Waals surface area (Å²) in [6.07, 6.45) is 3.41. The summed E-state index contributed by atoms with van der Waals surface area (Å²) in [5.74, 6) is 0.765. The second-order valence-electron chi connectivity index (χ2n) is 9.92. The number of carbonyl (C=O) groups excluding carboxylic acids is 2. The number of nitrogens with one attached hydrogen (secondary N) is 1. The summed E-state index contributed by atoms with van der Waals surface area (Å²) in [6, 6.07) is 15.9. The number of unbranched alkanes of at least 4 members (excludes halogenated alkanes) is 1. The highest BCUT2D eigenvalue weighted by atomic mass is 35.5. The Hall–Kier alpha value is -3.57. The van der Waals surface area contributed by atoms with Gasteiger partial charge in [0.25, 0.3) is 0 Å². The molecule has 2 saturated carbocycles. The van der Waals surface area contributed by atoms with Crippen molar-refractivity contribution >= 4 is 40.3 Å². The Kier molecular flexibility index (Phi) is 5.60. The van der Waals surface area contributed by atoms with E-state index in [1.807, 2.05) is 42.5 Å². The van der Waals surface area contributed by atoms with E-state index in [0.29, 0.717) is 43.8 Å². The van der Waals surface area contributed by atoms with E-state index >= 15 is 0 Å². The molecule has 1 aromatic heterocycles. The van der Waals surface area contributed by atoms with Gasteiger partial charge in [-0.25, -0.2) is 9.78 Å². The number of alkyl carbamates (subject to hydrolysis) is 1. The Morgan fingerprint density at radius 1 is 1.25 bits per heavy atom. The molecule has 2 aliphatic carbocycles. The van der Waals surface area contributed by atoms with Crippen LogP contribution in [0.2, 0.25) is 5.02 Å². The first-order chi connectivity index (χ1) is 17.5. The van der Waals surface area contributed by atoms with Crippen molar-refractivity contribution in [3.63, 3.8) is 0 Å². The predicted molar refractivity (Wildman–Crippen MR) is 135 cm³/mol. The first-order valence-corrected chi connectivity index (χ1v) is 12.8. The van der Waals surface area contributed by atoms with E-state index in [1.165, 1.54) is 0 Å². The summed E-state index contributed by atoms with van der Waals surface area (Å²) in [6.45, 7) is 0.937. The molecule has 3 aromatic rings. The Morgan fingerprint density at radius 3 is 2.83 bits per heavy atom. The number of fused-ring (bicyclic) bond motifs is 3. The second-order valence-corrected chi connectivity index (χ2v) is 10.4. The van der Waals surface area contributed by atoms with Crippen LogP contribution in [0.4, 0.5) is 10.5 Å². The SMILES string of the molecule is N#CCCCn1c(CN2C(=O)C3(CC(OC(=O)NC4CC4)C3)c3ccccc32)nc2cc(Cl)ccc21. The van der Waals surface area contributed by atoms with Crippen molar-refractivity contribution in [3.05, 3.63) is 58.9 Å². The third kappa shape index (κ3) is 3.88. The number of hydrogen-bond acceptors (Lipinski definition) is 5. The summed E-state index contributed by atoms with van der Waals surface area (Å²) in [5.41, 5.74) is 2.87. The molecule has 36 heavy (non-hydrogen) atoms. The van der Waals surface area contributed by atoms with E-state index < -0.39 is 11.5 Å². The molecule has 1 aliphatic heterocycles. The molecule has 2 heterocycles. The van der Waals surface area contributed by atoms with Crippen molar-refractivity contribution in [1.82, 2.24) is 14.9 Å². The van der Waals surface area contributed by atoms with Crippen LogP contribution in [0.15, 0.2) is 42.5 Å². The van der Waals surface area contributed by atoms with Gasteiger partial charge in [-0.3, -0.25) is 4.79 Å². The van der Waals surface area contributed by atoms with Crippen LogP contribution in [-0.4, -0.2) is 33.7 Å². The topological polar surface area (TPSA) is 100 Å². The number of aromatic nitrogens is 2. The van der Waals surface area contributed by atoms with E-state index in [1.54, 1.807) is 4.90 Å². The van der Waals surface area contributed by atoms with Crippen LogP contribution in [0.1, 0.15) is 49.9 Å². The molecule has 1 N–H and O–H groups in total. The number of imidazole rings is 1. The first kappa shape index (κ1) is 22.9. The van der Waals surface area contributed by atoms with Crippen LogP contribution in [0.25, 0.3) is 11.0 Å². The van der Waals surface area contributed by atoms with Gasteiger partial charge in [-0.15, -0.1) is 0 Å². The van der Waals surface area contributed by atoms with Crippen molar-refractivity contribution in [2.45, 2.75) is 69.2 Å². The van der Waals surface area contributed by atoms with Crippen LogP contribution in [0, 0.1) is 11.3 Å². The molecule has 3 aliphatic rings. The Labute approximate surface area is 213 Å². The minimum atomic E-state index is -0.678. The average molecular weight is 504 g/mol. The lowest BCUT2D eigenvalue weighted by Crippen LogP contribution is -2.53. The number of hydrogen-bond donors (Lipinski definition) is 1. The number of halogens is 1. The molecule has 2 fully saturated rings. The highest BCUT2D eigenvalue weighted by molar-refractivity contribution is 6.31. The number of benzene rings is 2. The highest BCUT2D eigenvalue weighted by Gasteiger charge is 2.59. The molecule has 0 unspecified atom stereocenters. The number of aryl methyl sites for hydroxylation is 1. The number of amides is 2. The van der Waals surface area contributed by atoms with Gasteiger partial charge in [-0.1, -0.05) is 29.8 Å². The van der Waals surface area contributed by atoms with Gasteiger partial charge in [0.1, 0.15) is 11.9 Å². The van der Waals surface area contributed by atoms with Crippen molar-refractivity contribution in [2.24, 2.45) is 0 Å². The van der Waals surface area contributed by atoms with E-state index in [-0.39, 0.29) is 18.1 Å². The Balaban J connectivity index is 1.27. The minimum absolute atomic E-state index is 0.0137. The normalized spacial score (nSPS) is 22.4. The number of nitriles is 1. The number of nitrogens with zero attached hydrogens (tertiary/aromatic N) is 4. The third-order valence-corrected chi connectivity index (χ3v) is 7.68. The van der Waals surface area contributed by atoms with Gasteiger partial charge in [0.05, 0.1) is 29.1 Å². The molecule has 0 radical (unpaired) electrons. The summed E-state index contributed by atoms with van der Waals surface area (Å²) in [7, 11) is 0. The highest BCUT2D eigenvalue weighted by Crippen LogP contribution is 2.54. The molecule has 1 spiro atoms. The zero-order chi connectivity index (χ0) is 24.9. The Bertz CT molecular complexity index is 1400. The summed E-state index contributed by atoms with van der Waals surface area (Å²) < 4.78 is 7.67. The molecule has 2 amide bonds.